The normalized spacial score (nSPS) is 12.1. The van der Waals surface area contributed by atoms with Gasteiger partial charge in [0.25, 0.3) is 0 Å². The first-order valence-electron chi connectivity index (χ1n) is 7.90. The fraction of sp³-hybridized carbons (Fsp3) is 0.190. The second-order valence-electron chi connectivity index (χ2n) is 7.00. The van der Waals surface area contributed by atoms with Gasteiger partial charge in [0.15, 0.2) is 0 Å². The molecule has 0 aliphatic heterocycles. The highest BCUT2D eigenvalue weighted by molar-refractivity contribution is 7.17. The molecule has 0 fully saturated rings. The summed E-state index contributed by atoms with van der Waals surface area (Å²) in [7, 11) is 0. The van der Waals surface area contributed by atoms with Crippen LogP contribution < -0.4 is 0 Å². The first-order chi connectivity index (χ1) is 11.0. The van der Waals surface area contributed by atoms with Crippen LogP contribution in [-0.2, 0) is 5.41 Å². The van der Waals surface area contributed by atoms with Crippen molar-refractivity contribution < 1.29 is 0 Å². The summed E-state index contributed by atoms with van der Waals surface area (Å²) < 4.78 is 1.24. The molecule has 4 rings (SSSR count). The van der Waals surface area contributed by atoms with Gasteiger partial charge in [-0.2, -0.15) is 0 Å². The summed E-state index contributed by atoms with van der Waals surface area (Å²) in [5.41, 5.74) is 4.80. The molecule has 2 heteroatoms. The van der Waals surface area contributed by atoms with Gasteiger partial charge in [0.1, 0.15) is 0 Å². The minimum Gasteiger partial charge on any atom is -0.247 e. The number of thiophene rings is 1. The van der Waals surface area contributed by atoms with E-state index in [1.807, 2.05) is 0 Å². The number of fused-ring (bicyclic) bond motifs is 2. The predicted molar refractivity (Wildman–Crippen MR) is 101 cm³/mol. The maximum atomic E-state index is 4.85. The van der Waals surface area contributed by atoms with E-state index in [1.54, 1.807) is 11.3 Å². The average molecular weight is 317 g/mol. The zero-order valence-electron chi connectivity index (χ0n) is 13.6. The molecule has 2 aromatic carbocycles. The number of benzene rings is 2. The molecule has 2 heterocycles. The quantitative estimate of drug-likeness (QED) is 0.395. The van der Waals surface area contributed by atoms with Gasteiger partial charge in [0.05, 0.1) is 15.9 Å². The van der Waals surface area contributed by atoms with Crippen molar-refractivity contribution in [3.63, 3.8) is 0 Å². The Morgan fingerprint density at radius 2 is 1.74 bits per heavy atom. The van der Waals surface area contributed by atoms with Gasteiger partial charge in [-0.05, 0) is 57.5 Å². The monoisotopic (exact) mass is 317 g/mol. The van der Waals surface area contributed by atoms with Crippen LogP contribution in [-0.4, -0.2) is 4.98 Å². The van der Waals surface area contributed by atoms with Gasteiger partial charge in [0.2, 0.25) is 0 Å². The topological polar surface area (TPSA) is 12.9 Å². The summed E-state index contributed by atoms with van der Waals surface area (Å²) in [5.74, 6) is 0. The molecule has 114 valence electrons. The molecule has 0 unspecified atom stereocenters. The molecule has 0 N–H and O–H groups in total. The molecule has 0 aliphatic carbocycles. The molecule has 2 aromatic heterocycles. The number of rotatable bonds is 1. The van der Waals surface area contributed by atoms with E-state index in [1.165, 1.54) is 26.6 Å². The Balaban J connectivity index is 1.99. The standard InChI is InChI=1S/C21H19NS/c1-21(2,3)17-13-15(12-14-6-4-5-7-16(14)17)18-8-9-20-19(22-18)10-11-23-20/h4-13H,1-3H3. The minimum atomic E-state index is 0.0993. The van der Waals surface area contributed by atoms with Crippen LogP contribution in [0.3, 0.4) is 0 Å². The first-order valence-corrected chi connectivity index (χ1v) is 8.78. The second kappa shape index (κ2) is 5.17. The third kappa shape index (κ3) is 2.53. The molecule has 0 bridgehead atoms. The van der Waals surface area contributed by atoms with Crippen LogP contribution in [0.1, 0.15) is 26.3 Å². The molecular weight excluding hydrogens is 298 g/mol. The van der Waals surface area contributed by atoms with Gasteiger partial charge in [-0.3, -0.25) is 0 Å². The number of aromatic nitrogens is 1. The van der Waals surface area contributed by atoms with E-state index < -0.39 is 0 Å². The molecular formula is C21H19NS. The predicted octanol–water partition coefficient (Wildman–Crippen LogP) is 6.41. The third-order valence-corrected chi connectivity index (χ3v) is 5.14. The molecule has 0 radical (unpaired) electrons. The summed E-state index contributed by atoms with van der Waals surface area (Å²) in [4.78, 5) is 4.85. The zero-order valence-corrected chi connectivity index (χ0v) is 14.4. The molecule has 23 heavy (non-hydrogen) atoms. The zero-order chi connectivity index (χ0) is 16.0. The SMILES string of the molecule is CC(C)(C)c1cc(-c2ccc3sccc3n2)cc2ccccc12. The van der Waals surface area contributed by atoms with Gasteiger partial charge in [-0.15, -0.1) is 11.3 Å². The molecule has 0 atom stereocenters. The van der Waals surface area contributed by atoms with Gasteiger partial charge >= 0.3 is 0 Å². The van der Waals surface area contributed by atoms with E-state index in [9.17, 15) is 0 Å². The number of nitrogens with zero attached hydrogens (tertiary/aromatic N) is 1. The van der Waals surface area contributed by atoms with Crippen molar-refractivity contribution in [2.45, 2.75) is 26.2 Å². The largest absolute Gasteiger partial charge is 0.247 e. The van der Waals surface area contributed by atoms with Crippen molar-refractivity contribution >= 4 is 32.3 Å². The summed E-state index contributed by atoms with van der Waals surface area (Å²) in [6, 6.07) is 19.6. The Kier molecular flexibility index (Phi) is 3.24. The maximum Gasteiger partial charge on any atom is 0.0817 e. The van der Waals surface area contributed by atoms with Crippen molar-refractivity contribution in [3.05, 3.63) is 65.5 Å². The first kappa shape index (κ1) is 14.4. The molecule has 0 saturated heterocycles. The lowest BCUT2D eigenvalue weighted by atomic mass is 9.82. The summed E-state index contributed by atoms with van der Waals surface area (Å²) in [5, 5.41) is 4.71. The number of pyridine rings is 1. The third-order valence-electron chi connectivity index (χ3n) is 4.27. The molecule has 0 saturated carbocycles. The van der Waals surface area contributed by atoms with Crippen molar-refractivity contribution in [2.75, 3.05) is 0 Å². The fourth-order valence-corrected chi connectivity index (χ4v) is 3.82. The number of hydrogen-bond acceptors (Lipinski definition) is 2. The van der Waals surface area contributed by atoms with Crippen LogP contribution in [0.5, 0.6) is 0 Å². The summed E-state index contributed by atoms with van der Waals surface area (Å²) in [6.45, 7) is 6.82. The highest BCUT2D eigenvalue weighted by Crippen LogP contribution is 2.34. The van der Waals surface area contributed by atoms with Crippen LogP contribution >= 0.6 is 11.3 Å². The highest BCUT2D eigenvalue weighted by Gasteiger charge is 2.18. The Morgan fingerprint density at radius 1 is 0.913 bits per heavy atom. The Labute approximate surface area is 140 Å². The smallest absolute Gasteiger partial charge is 0.0817 e. The van der Waals surface area contributed by atoms with Crippen molar-refractivity contribution in [1.82, 2.24) is 4.98 Å². The van der Waals surface area contributed by atoms with E-state index in [4.69, 9.17) is 4.98 Å². The average Bonchev–Trinajstić information content (AvgIpc) is 3.00. The van der Waals surface area contributed by atoms with Gasteiger partial charge < -0.3 is 0 Å². The van der Waals surface area contributed by atoms with Crippen LogP contribution in [0.4, 0.5) is 0 Å². The molecule has 0 spiro atoms. The van der Waals surface area contributed by atoms with E-state index in [0.29, 0.717) is 0 Å². The van der Waals surface area contributed by atoms with Crippen LogP contribution in [0.15, 0.2) is 60.0 Å². The minimum absolute atomic E-state index is 0.0993. The van der Waals surface area contributed by atoms with E-state index >= 15 is 0 Å². The van der Waals surface area contributed by atoms with E-state index in [0.717, 1.165) is 11.2 Å². The lowest BCUT2D eigenvalue weighted by Gasteiger charge is -2.22. The lowest BCUT2D eigenvalue weighted by Crippen LogP contribution is -2.12. The summed E-state index contributed by atoms with van der Waals surface area (Å²) >= 11 is 1.74. The fourth-order valence-electron chi connectivity index (χ4n) is 3.09. The van der Waals surface area contributed by atoms with Crippen molar-refractivity contribution in [3.8, 4) is 11.3 Å². The van der Waals surface area contributed by atoms with Crippen LogP contribution in [0.2, 0.25) is 0 Å². The number of hydrogen-bond donors (Lipinski definition) is 0. The van der Waals surface area contributed by atoms with Crippen LogP contribution in [0.25, 0.3) is 32.2 Å². The molecule has 0 amide bonds. The Bertz CT molecular complexity index is 1010. The van der Waals surface area contributed by atoms with Crippen LogP contribution in [0, 0.1) is 0 Å². The van der Waals surface area contributed by atoms with Crippen molar-refractivity contribution in [1.29, 1.82) is 0 Å². The molecule has 0 aliphatic rings. The molecule has 1 nitrogen and oxygen atoms in total. The van der Waals surface area contributed by atoms with Gasteiger partial charge in [-0.1, -0.05) is 45.0 Å². The maximum absolute atomic E-state index is 4.85. The second-order valence-corrected chi connectivity index (χ2v) is 7.94. The highest BCUT2D eigenvalue weighted by atomic mass is 32.1. The lowest BCUT2D eigenvalue weighted by molar-refractivity contribution is 0.596. The van der Waals surface area contributed by atoms with E-state index in [2.05, 4.69) is 80.7 Å². The van der Waals surface area contributed by atoms with Gasteiger partial charge in [-0.25, -0.2) is 4.98 Å². The molecule has 4 aromatic rings. The van der Waals surface area contributed by atoms with E-state index in [-0.39, 0.29) is 5.41 Å². The Morgan fingerprint density at radius 3 is 2.57 bits per heavy atom. The van der Waals surface area contributed by atoms with Crippen molar-refractivity contribution in [2.24, 2.45) is 0 Å². The Hall–Kier alpha value is -2.19. The van der Waals surface area contributed by atoms with Gasteiger partial charge in [0, 0.05) is 5.56 Å². The summed E-state index contributed by atoms with van der Waals surface area (Å²) in [6.07, 6.45) is 0.